The van der Waals surface area contributed by atoms with E-state index in [4.69, 9.17) is 9.72 Å². The second kappa shape index (κ2) is 11.2. The molecule has 2 aromatic carbocycles. The Morgan fingerprint density at radius 2 is 1.80 bits per heavy atom. The molecule has 0 radical (unpaired) electrons. The van der Waals surface area contributed by atoms with Gasteiger partial charge in [0.25, 0.3) is 5.91 Å². The number of aromatic nitrogens is 1. The zero-order chi connectivity index (χ0) is 20.8. The molecule has 0 bridgehead atoms. The molecule has 162 valence electrons. The van der Waals surface area contributed by atoms with Crippen LogP contribution in [0.2, 0.25) is 0 Å². The molecule has 5 nitrogen and oxygen atoms in total. The summed E-state index contributed by atoms with van der Waals surface area (Å²) in [5.41, 5.74) is 0.778. The van der Waals surface area contributed by atoms with E-state index >= 15 is 0 Å². The van der Waals surface area contributed by atoms with Gasteiger partial charge < -0.3 is 9.64 Å². The SMILES string of the molecule is CCOc1cccc2sc(N(CCN(CC)CC)C(=O)c3ccccc3F)nc12.Cl. The highest BCUT2D eigenvalue weighted by Gasteiger charge is 2.24. The largest absolute Gasteiger partial charge is 0.492 e. The molecule has 0 N–H and O–H groups in total. The zero-order valence-corrected chi connectivity index (χ0v) is 19.1. The van der Waals surface area contributed by atoms with E-state index in [-0.39, 0.29) is 23.9 Å². The number of carbonyl (C=O) groups excluding carboxylic acids is 1. The molecule has 0 atom stereocenters. The quantitative estimate of drug-likeness (QED) is 0.446. The van der Waals surface area contributed by atoms with Crippen LogP contribution in [0.4, 0.5) is 9.52 Å². The fraction of sp³-hybridized carbons (Fsp3) is 0.364. The third-order valence-electron chi connectivity index (χ3n) is 4.79. The highest BCUT2D eigenvalue weighted by molar-refractivity contribution is 7.22. The fourth-order valence-electron chi connectivity index (χ4n) is 3.14. The summed E-state index contributed by atoms with van der Waals surface area (Å²) in [4.78, 5) is 21.7. The van der Waals surface area contributed by atoms with Gasteiger partial charge in [-0.25, -0.2) is 9.37 Å². The summed E-state index contributed by atoms with van der Waals surface area (Å²) in [6.45, 7) is 9.49. The first-order valence-corrected chi connectivity index (χ1v) is 10.7. The topological polar surface area (TPSA) is 45.7 Å². The van der Waals surface area contributed by atoms with Gasteiger partial charge in [0.2, 0.25) is 0 Å². The van der Waals surface area contributed by atoms with Crippen molar-refractivity contribution in [3.63, 3.8) is 0 Å². The second-order valence-corrected chi connectivity index (χ2v) is 7.50. The number of rotatable bonds is 9. The number of hydrogen-bond acceptors (Lipinski definition) is 5. The van der Waals surface area contributed by atoms with Gasteiger partial charge in [-0.2, -0.15) is 0 Å². The van der Waals surface area contributed by atoms with Gasteiger partial charge in [0, 0.05) is 13.1 Å². The van der Waals surface area contributed by atoms with Crippen LogP contribution in [0.1, 0.15) is 31.1 Å². The van der Waals surface area contributed by atoms with Crippen molar-refractivity contribution in [2.75, 3.05) is 37.7 Å². The molecular formula is C22H27ClFN3O2S. The number of amides is 1. The number of benzene rings is 2. The van der Waals surface area contributed by atoms with Crippen LogP contribution in [0, 0.1) is 5.82 Å². The van der Waals surface area contributed by atoms with E-state index in [0.717, 1.165) is 23.3 Å². The first-order chi connectivity index (χ1) is 14.1. The highest BCUT2D eigenvalue weighted by atomic mass is 35.5. The maximum Gasteiger partial charge on any atom is 0.263 e. The number of anilines is 1. The Morgan fingerprint density at radius 3 is 2.47 bits per heavy atom. The molecule has 0 aliphatic heterocycles. The minimum absolute atomic E-state index is 0. The Bertz CT molecular complexity index is 978. The summed E-state index contributed by atoms with van der Waals surface area (Å²) >= 11 is 1.41. The highest BCUT2D eigenvalue weighted by Crippen LogP contribution is 2.34. The van der Waals surface area contributed by atoms with Gasteiger partial charge in [-0.1, -0.05) is 43.4 Å². The lowest BCUT2D eigenvalue weighted by molar-refractivity contribution is 0.0980. The molecule has 0 aliphatic carbocycles. The van der Waals surface area contributed by atoms with Crippen LogP contribution in [0.25, 0.3) is 10.2 Å². The molecule has 8 heteroatoms. The van der Waals surface area contributed by atoms with Crippen molar-refractivity contribution in [1.29, 1.82) is 0 Å². The molecule has 1 heterocycles. The fourth-order valence-corrected chi connectivity index (χ4v) is 4.15. The van der Waals surface area contributed by atoms with E-state index in [2.05, 4.69) is 18.7 Å². The van der Waals surface area contributed by atoms with Crippen LogP contribution < -0.4 is 9.64 Å². The van der Waals surface area contributed by atoms with Crippen LogP contribution >= 0.6 is 23.7 Å². The van der Waals surface area contributed by atoms with E-state index in [1.165, 1.54) is 23.5 Å². The van der Waals surface area contributed by atoms with Crippen molar-refractivity contribution in [2.45, 2.75) is 20.8 Å². The maximum absolute atomic E-state index is 14.3. The summed E-state index contributed by atoms with van der Waals surface area (Å²) in [5, 5.41) is 0.549. The molecule has 0 saturated carbocycles. The number of para-hydroxylation sites is 1. The van der Waals surface area contributed by atoms with Crippen LogP contribution in [0.3, 0.4) is 0 Å². The molecular weight excluding hydrogens is 425 g/mol. The molecule has 3 aromatic rings. The monoisotopic (exact) mass is 451 g/mol. The van der Waals surface area contributed by atoms with Crippen molar-refractivity contribution in [2.24, 2.45) is 0 Å². The van der Waals surface area contributed by atoms with Gasteiger partial charge in [-0.05, 0) is 44.3 Å². The minimum Gasteiger partial charge on any atom is -0.492 e. The number of nitrogens with zero attached hydrogens (tertiary/aromatic N) is 3. The van der Waals surface area contributed by atoms with Crippen LogP contribution in [-0.2, 0) is 0 Å². The Balaban J connectivity index is 0.00000320. The molecule has 1 amide bonds. The predicted octanol–water partition coefficient (Wildman–Crippen LogP) is 5.24. The third-order valence-corrected chi connectivity index (χ3v) is 5.83. The van der Waals surface area contributed by atoms with Crippen molar-refractivity contribution >= 4 is 45.0 Å². The molecule has 30 heavy (non-hydrogen) atoms. The average Bonchev–Trinajstić information content (AvgIpc) is 3.16. The van der Waals surface area contributed by atoms with E-state index in [0.29, 0.717) is 30.6 Å². The van der Waals surface area contributed by atoms with Gasteiger partial charge in [-0.3, -0.25) is 9.69 Å². The maximum atomic E-state index is 14.3. The number of halogens is 2. The Kier molecular flexibility index (Phi) is 9.02. The van der Waals surface area contributed by atoms with Gasteiger partial charge in [0.1, 0.15) is 17.1 Å². The average molecular weight is 452 g/mol. The standard InChI is InChI=1S/C22H26FN3O2S.ClH/c1-4-25(5-2)14-15-26(21(27)16-10-7-8-11-17(16)23)22-24-20-18(28-6-3)12-9-13-19(20)29-22;/h7-13H,4-6,14-15H2,1-3H3;1H. The van der Waals surface area contributed by atoms with E-state index in [9.17, 15) is 9.18 Å². The van der Waals surface area contributed by atoms with Gasteiger partial charge >= 0.3 is 0 Å². The number of ether oxygens (including phenoxy) is 1. The molecule has 3 rings (SSSR count). The second-order valence-electron chi connectivity index (χ2n) is 6.50. The van der Waals surface area contributed by atoms with Crippen molar-refractivity contribution in [3.05, 3.63) is 53.8 Å². The molecule has 0 saturated heterocycles. The lowest BCUT2D eigenvalue weighted by Crippen LogP contribution is -2.39. The summed E-state index contributed by atoms with van der Waals surface area (Å²) in [6, 6.07) is 11.8. The van der Waals surface area contributed by atoms with E-state index < -0.39 is 5.82 Å². The van der Waals surface area contributed by atoms with Crippen LogP contribution in [-0.4, -0.2) is 48.6 Å². The number of fused-ring (bicyclic) bond motifs is 1. The molecule has 0 unspecified atom stereocenters. The lowest BCUT2D eigenvalue weighted by atomic mass is 10.2. The summed E-state index contributed by atoms with van der Waals surface area (Å²) in [7, 11) is 0. The Labute approximate surface area is 186 Å². The number of hydrogen-bond donors (Lipinski definition) is 0. The smallest absolute Gasteiger partial charge is 0.263 e. The molecule has 0 spiro atoms. The summed E-state index contributed by atoms with van der Waals surface area (Å²) < 4.78 is 20.9. The normalized spacial score (nSPS) is 10.8. The van der Waals surface area contributed by atoms with Crippen molar-refractivity contribution in [3.8, 4) is 5.75 Å². The molecule has 0 fully saturated rings. The van der Waals surface area contributed by atoms with Gasteiger partial charge in [0.05, 0.1) is 16.9 Å². The van der Waals surface area contributed by atoms with Crippen molar-refractivity contribution < 1.29 is 13.9 Å². The number of carbonyl (C=O) groups is 1. The summed E-state index contributed by atoms with van der Waals surface area (Å²) in [6.07, 6.45) is 0. The third kappa shape index (κ3) is 5.28. The molecule has 1 aromatic heterocycles. The summed E-state index contributed by atoms with van der Waals surface area (Å²) in [5.74, 6) is -0.219. The number of likely N-dealkylation sites (N-methyl/N-ethyl adjacent to an activating group) is 1. The Hall–Kier alpha value is -2.22. The van der Waals surface area contributed by atoms with Gasteiger partial charge in [0.15, 0.2) is 5.13 Å². The lowest BCUT2D eigenvalue weighted by Gasteiger charge is -2.24. The number of thiazole rings is 1. The first kappa shape index (κ1) is 24.1. The molecule has 0 aliphatic rings. The minimum atomic E-state index is -0.526. The van der Waals surface area contributed by atoms with Gasteiger partial charge in [-0.15, -0.1) is 12.4 Å². The van der Waals surface area contributed by atoms with Crippen LogP contribution in [0.15, 0.2) is 42.5 Å². The van der Waals surface area contributed by atoms with Crippen LogP contribution in [0.5, 0.6) is 5.75 Å². The van der Waals surface area contributed by atoms with Crippen molar-refractivity contribution in [1.82, 2.24) is 9.88 Å². The van der Waals surface area contributed by atoms with E-state index in [1.807, 2.05) is 25.1 Å². The predicted molar refractivity (Wildman–Crippen MR) is 124 cm³/mol. The first-order valence-electron chi connectivity index (χ1n) is 9.90. The zero-order valence-electron chi connectivity index (χ0n) is 17.4. The van der Waals surface area contributed by atoms with E-state index in [1.54, 1.807) is 17.0 Å². The Morgan fingerprint density at radius 1 is 1.07 bits per heavy atom.